The van der Waals surface area contributed by atoms with Gasteiger partial charge < -0.3 is 0 Å². The highest BCUT2D eigenvalue weighted by atomic mass is 32.1. The molecule has 0 aliphatic carbocycles. The number of nitriles is 1. The first-order chi connectivity index (χ1) is 7.90. The fraction of sp³-hybridized carbons (Fsp3) is 0.0714. The van der Waals surface area contributed by atoms with Crippen LogP contribution in [0.1, 0.15) is 11.3 Å². The molecular weight excluding hydrogens is 214 g/mol. The average Bonchev–Trinajstić information content (AvgIpc) is 2.79. The van der Waals surface area contributed by atoms with Crippen molar-refractivity contribution in [2.45, 2.75) is 6.42 Å². The van der Waals surface area contributed by atoms with Gasteiger partial charge in [-0.05, 0) is 23.8 Å². The number of hydrogen-bond donors (Lipinski definition) is 0. The summed E-state index contributed by atoms with van der Waals surface area (Å²) in [5, 5.41) is 8.43. The molecule has 0 aliphatic rings. The number of hydrogen-bond acceptors (Lipinski definition) is 2. The molecule has 0 N–H and O–H groups in total. The SMILES string of the molecule is N#CCC=Cc1ccc(-c2ccccc2)s1. The Kier molecular flexibility index (Phi) is 3.53. The zero-order chi connectivity index (χ0) is 11.2. The van der Waals surface area contributed by atoms with Crippen LogP contribution in [0.5, 0.6) is 0 Å². The van der Waals surface area contributed by atoms with E-state index in [1.165, 1.54) is 15.3 Å². The van der Waals surface area contributed by atoms with Gasteiger partial charge in [-0.15, -0.1) is 11.3 Å². The molecule has 0 aliphatic heterocycles. The molecule has 1 aromatic heterocycles. The van der Waals surface area contributed by atoms with Crippen molar-refractivity contribution in [1.82, 2.24) is 0 Å². The zero-order valence-corrected chi connectivity index (χ0v) is 9.58. The minimum atomic E-state index is 0.471. The number of nitrogens with zero attached hydrogens (tertiary/aromatic N) is 1. The summed E-state index contributed by atoms with van der Waals surface area (Å²) in [6, 6.07) is 16.6. The number of allylic oxidation sites excluding steroid dienone is 1. The van der Waals surface area contributed by atoms with Gasteiger partial charge in [-0.3, -0.25) is 0 Å². The Bertz CT molecular complexity index is 517. The molecule has 0 saturated heterocycles. The summed E-state index contributed by atoms with van der Waals surface area (Å²) in [5.41, 5.74) is 1.24. The highest BCUT2D eigenvalue weighted by Crippen LogP contribution is 2.28. The Balaban J connectivity index is 2.18. The minimum absolute atomic E-state index is 0.471. The van der Waals surface area contributed by atoms with Crippen LogP contribution in [0, 0.1) is 11.3 Å². The van der Waals surface area contributed by atoms with Crippen LogP contribution in [0.15, 0.2) is 48.5 Å². The largest absolute Gasteiger partial charge is 0.198 e. The third-order valence-corrected chi connectivity index (χ3v) is 3.28. The summed E-state index contributed by atoms with van der Waals surface area (Å²) in [4.78, 5) is 2.45. The predicted molar refractivity (Wildman–Crippen MR) is 69.0 cm³/mol. The normalized spacial score (nSPS) is 10.4. The summed E-state index contributed by atoms with van der Waals surface area (Å²) < 4.78 is 0. The smallest absolute Gasteiger partial charge is 0.0663 e. The highest BCUT2D eigenvalue weighted by molar-refractivity contribution is 7.16. The van der Waals surface area contributed by atoms with Crippen molar-refractivity contribution in [2.24, 2.45) is 0 Å². The molecule has 16 heavy (non-hydrogen) atoms. The van der Waals surface area contributed by atoms with E-state index in [1.54, 1.807) is 11.3 Å². The van der Waals surface area contributed by atoms with Gasteiger partial charge in [0.15, 0.2) is 0 Å². The van der Waals surface area contributed by atoms with E-state index < -0.39 is 0 Å². The van der Waals surface area contributed by atoms with Crippen LogP contribution < -0.4 is 0 Å². The van der Waals surface area contributed by atoms with Crippen LogP contribution in [0.25, 0.3) is 16.5 Å². The van der Waals surface area contributed by atoms with Crippen LogP contribution in [0.2, 0.25) is 0 Å². The second-order valence-electron chi connectivity index (χ2n) is 3.33. The fourth-order valence-electron chi connectivity index (χ4n) is 1.43. The molecule has 0 unspecified atom stereocenters. The average molecular weight is 225 g/mol. The molecule has 2 aromatic rings. The van der Waals surface area contributed by atoms with E-state index in [0.29, 0.717) is 6.42 Å². The zero-order valence-electron chi connectivity index (χ0n) is 8.76. The lowest BCUT2D eigenvalue weighted by Gasteiger charge is -1.94. The van der Waals surface area contributed by atoms with E-state index in [2.05, 4.69) is 30.3 Å². The van der Waals surface area contributed by atoms with Gasteiger partial charge in [0.1, 0.15) is 0 Å². The third kappa shape index (κ3) is 2.59. The molecule has 0 atom stereocenters. The fourth-order valence-corrected chi connectivity index (χ4v) is 2.37. The number of rotatable bonds is 3. The van der Waals surface area contributed by atoms with E-state index in [-0.39, 0.29) is 0 Å². The maximum absolute atomic E-state index is 8.43. The minimum Gasteiger partial charge on any atom is -0.198 e. The highest BCUT2D eigenvalue weighted by Gasteiger charge is 1.99. The summed E-state index contributed by atoms with van der Waals surface area (Å²) in [6.45, 7) is 0. The molecule has 0 amide bonds. The quantitative estimate of drug-likeness (QED) is 0.762. The van der Waals surface area contributed by atoms with E-state index in [1.807, 2.05) is 30.4 Å². The molecule has 1 aromatic carbocycles. The van der Waals surface area contributed by atoms with Gasteiger partial charge in [-0.25, -0.2) is 0 Å². The van der Waals surface area contributed by atoms with E-state index in [0.717, 1.165) is 0 Å². The molecular formula is C14H11NS. The maximum Gasteiger partial charge on any atom is 0.0663 e. The molecule has 1 heterocycles. The van der Waals surface area contributed by atoms with Gasteiger partial charge >= 0.3 is 0 Å². The Labute approximate surface area is 99.3 Å². The lowest BCUT2D eigenvalue weighted by molar-refractivity contribution is 1.36. The van der Waals surface area contributed by atoms with E-state index in [4.69, 9.17) is 5.26 Å². The first-order valence-corrected chi connectivity index (χ1v) is 5.90. The van der Waals surface area contributed by atoms with Crippen molar-refractivity contribution in [3.63, 3.8) is 0 Å². The molecule has 2 rings (SSSR count). The third-order valence-electron chi connectivity index (χ3n) is 2.18. The van der Waals surface area contributed by atoms with Gasteiger partial charge in [-0.1, -0.05) is 36.4 Å². The Morgan fingerprint density at radius 2 is 1.94 bits per heavy atom. The molecule has 78 valence electrons. The standard InChI is InChI=1S/C14H11NS/c15-11-5-4-8-13-9-10-14(16-13)12-6-2-1-3-7-12/h1-4,6-10H,5H2. The molecule has 0 spiro atoms. The van der Waals surface area contributed by atoms with Crippen molar-refractivity contribution in [1.29, 1.82) is 5.26 Å². The van der Waals surface area contributed by atoms with Crippen LogP contribution in [-0.2, 0) is 0 Å². The van der Waals surface area contributed by atoms with Gasteiger partial charge in [0.05, 0.1) is 12.5 Å². The van der Waals surface area contributed by atoms with Gasteiger partial charge in [0, 0.05) is 9.75 Å². The van der Waals surface area contributed by atoms with Crippen molar-refractivity contribution in [2.75, 3.05) is 0 Å². The molecule has 0 bridgehead atoms. The first kappa shape index (κ1) is 10.7. The van der Waals surface area contributed by atoms with Crippen molar-refractivity contribution < 1.29 is 0 Å². The van der Waals surface area contributed by atoms with Gasteiger partial charge in [0.25, 0.3) is 0 Å². The lowest BCUT2D eigenvalue weighted by atomic mass is 10.2. The lowest BCUT2D eigenvalue weighted by Crippen LogP contribution is -1.67. The second-order valence-corrected chi connectivity index (χ2v) is 4.45. The van der Waals surface area contributed by atoms with Crippen molar-refractivity contribution >= 4 is 17.4 Å². The maximum atomic E-state index is 8.43. The van der Waals surface area contributed by atoms with E-state index >= 15 is 0 Å². The molecule has 0 radical (unpaired) electrons. The second kappa shape index (κ2) is 5.29. The van der Waals surface area contributed by atoms with Crippen LogP contribution >= 0.6 is 11.3 Å². The molecule has 2 heteroatoms. The van der Waals surface area contributed by atoms with Crippen LogP contribution in [0.4, 0.5) is 0 Å². The molecule has 1 nitrogen and oxygen atoms in total. The summed E-state index contributed by atoms with van der Waals surface area (Å²) in [7, 11) is 0. The Hall–Kier alpha value is -1.85. The predicted octanol–water partition coefficient (Wildman–Crippen LogP) is 4.34. The summed E-state index contributed by atoms with van der Waals surface area (Å²) >= 11 is 1.74. The van der Waals surface area contributed by atoms with Crippen molar-refractivity contribution in [3.8, 4) is 16.5 Å². The number of thiophene rings is 1. The summed E-state index contributed by atoms with van der Waals surface area (Å²) in [5.74, 6) is 0. The van der Waals surface area contributed by atoms with Crippen LogP contribution in [0.3, 0.4) is 0 Å². The van der Waals surface area contributed by atoms with Gasteiger partial charge in [0.2, 0.25) is 0 Å². The first-order valence-electron chi connectivity index (χ1n) is 5.09. The van der Waals surface area contributed by atoms with Crippen molar-refractivity contribution in [3.05, 3.63) is 53.4 Å². The topological polar surface area (TPSA) is 23.8 Å². The monoisotopic (exact) mass is 225 g/mol. The molecule has 0 fully saturated rings. The van der Waals surface area contributed by atoms with Gasteiger partial charge in [-0.2, -0.15) is 5.26 Å². The Morgan fingerprint density at radius 1 is 1.12 bits per heavy atom. The van der Waals surface area contributed by atoms with Crippen LogP contribution in [-0.4, -0.2) is 0 Å². The van der Waals surface area contributed by atoms with E-state index in [9.17, 15) is 0 Å². The summed E-state index contributed by atoms with van der Waals surface area (Å²) in [6.07, 6.45) is 4.36. The number of benzene rings is 1. The molecule has 0 saturated carbocycles. The Morgan fingerprint density at radius 3 is 2.69 bits per heavy atom.